The van der Waals surface area contributed by atoms with Crippen LogP contribution >= 0.6 is 0 Å². The monoisotopic (exact) mass is 369 g/mol. The minimum atomic E-state index is -0.765. The molecule has 140 valence electrons. The number of fused-ring (bicyclic) bond motifs is 1. The minimum Gasteiger partial charge on any atom is -0.393 e. The molecule has 0 aliphatic heterocycles. The number of ketones is 2. The molecule has 0 spiro atoms. The Kier molecular flexibility index (Phi) is 5.69. The molecule has 0 saturated heterocycles. The standard InChI is InChI=1S/C19H19N3O5/c1-4-5-6-7-11-8-14(23)16-15(18(11)24)12(21-19(25)10(2)3)9-13(17(16)20)22(26)27/h5-7,9H,2,4,8,20H2,1,3H3,(H,21,25)/b6-5-,11-7+. The highest BCUT2D eigenvalue weighted by Gasteiger charge is 2.36. The first-order valence-corrected chi connectivity index (χ1v) is 8.20. The van der Waals surface area contributed by atoms with Gasteiger partial charge < -0.3 is 11.1 Å². The number of benzene rings is 1. The molecule has 8 heteroatoms. The van der Waals surface area contributed by atoms with Crippen molar-refractivity contribution in [2.24, 2.45) is 0 Å². The predicted octanol–water partition coefficient (Wildman–Crippen LogP) is 3.35. The lowest BCUT2D eigenvalue weighted by Gasteiger charge is -2.21. The molecular weight excluding hydrogens is 350 g/mol. The third-order valence-electron chi connectivity index (χ3n) is 4.00. The molecule has 1 aromatic rings. The largest absolute Gasteiger partial charge is 0.393 e. The molecule has 27 heavy (non-hydrogen) atoms. The molecule has 0 fully saturated rings. The molecule has 1 aliphatic rings. The van der Waals surface area contributed by atoms with Crippen molar-refractivity contribution in [2.45, 2.75) is 26.7 Å². The summed E-state index contributed by atoms with van der Waals surface area (Å²) in [5.74, 6) is -1.66. The molecule has 8 nitrogen and oxygen atoms in total. The molecule has 1 amide bonds. The van der Waals surface area contributed by atoms with E-state index in [0.717, 1.165) is 12.5 Å². The zero-order chi connectivity index (χ0) is 20.3. The maximum atomic E-state index is 12.9. The number of rotatable bonds is 5. The lowest BCUT2D eigenvalue weighted by Crippen LogP contribution is -2.25. The van der Waals surface area contributed by atoms with Gasteiger partial charge in [0.2, 0.25) is 0 Å². The van der Waals surface area contributed by atoms with E-state index in [4.69, 9.17) is 5.73 Å². The molecule has 0 unspecified atom stereocenters. The van der Waals surface area contributed by atoms with Crippen molar-refractivity contribution in [2.75, 3.05) is 11.1 Å². The van der Waals surface area contributed by atoms with Crippen molar-refractivity contribution in [3.05, 3.63) is 63.3 Å². The number of nitrogens with one attached hydrogen (secondary N) is 1. The van der Waals surface area contributed by atoms with Crippen molar-refractivity contribution in [1.29, 1.82) is 0 Å². The molecule has 1 aromatic carbocycles. The summed E-state index contributed by atoms with van der Waals surface area (Å²) in [6, 6.07) is 0.991. The number of nitrogens with two attached hydrogens (primary N) is 1. The van der Waals surface area contributed by atoms with Crippen LogP contribution < -0.4 is 11.1 Å². The van der Waals surface area contributed by atoms with Gasteiger partial charge in [-0.2, -0.15) is 0 Å². The Morgan fingerprint density at radius 1 is 1.41 bits per heavy atom. The Morgan fingerprint density at radius 2 is 2.07 bits per heavy atom. The average molecular weight is 369 g/mol. The summed E-state index contributed by atoms with van der Waals surface area (Å²) in [5, 5.41) is 13.7. The van der Waals surface area contributed by atoms with Crippen molar-refractivity contribution < 1.29 is 19.3 Å². The Hall–Kier alpha value is -3.55. The molecule has 0 saturated carbocycles. The first kappa shape index (κ1) is 19.8. The fourth-order valence-corrected chi connectivity index (χ4v) is 2.65. The summed E-state index contributed by atoms with van der Waals surface area (Å²) >= 11 is 0. The molecular formula is C19H19N3O5. The quantitative estimate of drug-likeness (QED) is 0.354. The molecule has 0 radical (unpaired) electrons. The van der Waals surface area contributed by atoms with Gasteiger partial charge in [-0.25, -0.2) is 0 Å². The van der Waals surface area contributed by atoms with Crippen molar-refractivity contribution in [3.63, 3.8) is 0 Å². The number of Topliss-reactive ketones (excluding diaryl/α,β-unsaturated/α-hetero) is 2. The Bertz CT molecular complexity index is 941. The van der Waals surface area contributed by atoms with Crippen LogP contribution in [0.3, 0.4) is 0 Å². The zero-order valence-corrected chi connectivity index (χ0v) is 15.0. The fraction of sp³-hybridized carbons (Fsp3) is 0.211. The molecule has 2 rings (SSSR count). The van der Waals surface area contributed by atoms with Crippen LogP contribution in [0.5, 0.6) is 0 Å². The van der Waals surface area contributed by atoms with Crippen LogP contribution in [0.4, 0.5) is 17.1 Å². The second kappa shape index (κ2) is 7.77. The van der Waals surface area contributed by atoms with E-state index in [1.54, 1.807) is 6.08 Å². The number of hydrogen-bond donors (Lipinski definition) is 2. The van der Waals surface area contributed by atoms with Gasteiger partial charge in [0.15, 0.2) is 11.6 Å². The second-order valence-electron chi connectivity index (χ2n) is 6.06. The van der Waals surface area contributed by atoms with Gasteiger partial charge in [0.1, 0.15) is 5.69 Å². The lowest BCUT2D eigenvalue weighted by molar-refractivity contribution is -0.383. The van der Waals surface area contributed by atoms with Gasteiger partial charge >= 0.3 is 0 Å². The lowest BCUT2D eigenvalue weighted by atomic mass is 9.83. The summed E-state index contributed by atoms with van der Waals surface area (Å²) in [7, 11) is 0. The van der Waals surface area contributed by atoms with E-state index < -0.39 is 28.1 Å². The SMILES string of the molecule is C=C(C)C(=O)Nc1cc([N+](=O)[O-])c(N)c2c1C(=O)/C(=C/C=C\CC)CC2=O. The molecule has 3 N–H and O–H groups in total. The summed E-state index contributed by atoms with van der Waals surface area (Å²) < 4.78 is 0. The zero-order valence-electron chi connectivity index (χ0n) is 15.0. The molecule has 1 aliphatic carbocycles. The summed E-state index contributed by atoms with van der Waals surface area (Å²) in [6.45, 7) is 6.86. The number of allylic oxidation sites excluding steroid dienone is 4. The maximum Gasteiger partial charge on any atom is 0.294 e. The van der Waals surface area contributed by atoms with E-state index in [9.17, 15) is 24.5 Å². The van der Waals surface area contributed by atoms with Crippen molar-refractivity contribution >= 4 is 34.5 Å². The fourth-order valence-electron chi connectivity index (χ4n) is 2.65. The minimum absolute atomic E-state index is 0.137. The van der Waals surface area contributed by atoms with Gasteiger partial charge in [-0.05, 0) is 13.3 Å². The van der Waals surface area contributed by atoms with Gasteiger partial charge in [-0.15, -0.1) is 0 Å². The Morgan fingerprint density at radius 3 is 2.63 bits per heavy atom. The van der Waals surface area contributed by atoms with Gasteiger partial charge in [0.25, 0.3) is 11.6 Å². The normalized spacial score (nSPS) is 15.1. The summed E-state index contributed by atoms with van der Waals surface area (Å²) in [5.41, 5.74) is 4.72. The highest BCUT2D eigenvalue weighted by Crippen LogP contribution is 2.40. The Labute approximate surface area is 155 Å². The van der Waals surface area contributed by atoms with Gasteiger partial charge in [-0.3, -0.25) is 24.5 Å². The third-order valence-corrected chi connectivity index (χ3v) is 4.00. The number of carbonyl (C=O) groups is 3. The van der Waals surface area contributed by atoms with E-state index in [1.165, 1.54) is 13.0 Å². The number of nitro benzene ring substituents is 1. The van der Waals surface area contributed by atoms with Crippen molar-refractivity contribution in [3.8, 4) is 0 Å². The first-order valence-electron chi connectivity index (χ1n) is 8.20. The molecule has 0 aromatic heterocycles. The maximum absolute atomic E-state index is 12.9. The number of hydrogen-bond acceptors (Lipinski definition) is 6. The number of nitro groups is 1. The van der Waals surface area contributed by atoms with Crippen LogP contribution in [0.25, 0.3) is 0 Å². The van der Waals surface area contributed by atoms with Crippen molar-refractivity contribution in [1.82, 2.24) is 0 Å². The second-order valence-corrected chi connectivity index (χ2v) is 6.06. The number of amides is 1. The molecule has 0 heterocycles. The highest BCUT2D eigenvalue weighted by molar-refractivity contribution is 6.28. The van der Waals surface area contributed by atoms with Gasteiger partial charge in [0, 0.05) is 23.6 Å². The summed E-state index contributed by atoms with van der Waals surface area (Å²) in [6.07, 6.45) is 5.52. The highest BCUT2D eigenvalue weighted by atomic mass is 16.6. The van der Waals surface area contributed by atoms with E-state index in [2.05, 4.69) is 11.9 Å². The van der Waals surface area contributed by atoms with Gasteiger partial charge in [0.05, 0.1) is 21.7 Å². The van der Waals surface area contributed by atoms with Crippen LogP contribution in [0.1, 0.15) is 47.4 Å². The topological polar surface area (TPSA) is 132 Å². The first-order chi connectivity index (χ1) is 12.7. The number of carbonyl (C=O) groups excluding carboxylic acids is 3. The number of anilines is 2. The molecule has 0 atom stereocenters. The summed E-state index contributed by atoms with van der Waals surface area (Å²) in [4.78, 5) is 48.0. The van der Waals surface area contributed by atoms with Crippen LogP contribution in [0.15, 0.2) is 42.0 Å². The third kappa shape index (κ3) is 3.84. The molecule has 0 bridgehead atoms. The van der Waals surface area contributed by atoms with Crippen LogP contribution in [0, 0.1) is 10.1 Å². The van der Waals surface area contributed by atoms with Crippen LogP contribution in [-0.2, 0) is 4.79 Å². The van der Waals surface area contributed by atoms with Crippen LogP contribution in [0.2, 0.25) is 0 Å². The number of nitrogen functional groups attached to an aromatic ring is 1. The predicted molar refractivity (Wildman–Crippen MR) is 102 cm³/mol. The van der Waals surface area contributed by atoms with E-state index in [-0.39, 0.29) is 40.1 Å². The van der Waals surface area contributed by atoms with E-state index >= 15 is 0 Å². The van der Waals surface area contributed by atoms with E-state index in [0.29, 0.717) is 0 Å². The van der Waals surface area contributed by atoms with Gasteiger partial charge in [-0.1, -0.05) is 31.7 Å². The number of nitrogens with zero attached hydrogens (tertiary/aromatic N) is 1. The smallest absolute Gasteiger partial charge is 0.294 e. The van der Waals surface area contributed by atoms with E-state index in [1.807, 2.05) is 13.0 Å². The average Bonchev–Trinajstić information content (AvgIpc) is 2.59. The Balaban J connectivity index is 2.74. The van der Waals surface area contributed by atoms with Crippen LogP contribution in [-0.4, -0.2) is 22.4 Å².